The highest BCUT2D eigenvalue weighted by Crippen LogP contribution is 2.49. The van der Waals surface area contributed by atoms with Crippen molar-refractivity contribution in [2.24, 2.45) is 5.73 Å². The Morgan fingerprint density at radius 2 is 1.94 bits per heavy atom. The van der Waals surface area contributed by atoms with Gasteiger partial charge in [0.1, 0.15) is 13.2 Å². The normalized spacial score (nSPS) is 20.1. The molecule has 2 N–H and O–H groups in total. The second-order valence-electron chi connectivity index (χ2n) is 4.80. The SMILES string of the molecule is NC1(c2cc(Cl)c(C=O)c3c2OCCO3)CCC1. The number of ether oxygens (including phenoxy) is 2. The average Bonchev–Trinajstić information content (AvgIpc) is 2.35. The van der Waals surface area contributed by atoms with Gasteiger partial charge in [-0.05, 0) is 25.3 Å². The van der Waals surface area contributed by atoms with Crippen molar-refractivity contribution in [2.45, 2.75) is 24.8 Å². The van der Waals surface area contributed by atoms with E-state index in [9.17, 15) is 4.79 Å². The number of halogens is 1. The minimum Gasteiger partial charge on any atom is -0.486 e. The Balaban J connectivity index is 2.20. The summed E-state index contributed by atoms with van der Waals surface area (Å²) in [5, 5.41) is 0.376. The zero-order valence-corrected chi connectivity index (χ0v) is 10.6. The largest absolute Gasteiger partial charge is 0.486 e. The first-order valence-electron chi connectivity index (χ1n) is 6.02. The van der Waals surface area contributed by atoms with Gasteiger partial charge in [-0.25, -0.2) is 0 Å². The lowest BCUT2D eigenvalue weighted by Crippen LogP contribution is -2.44. The molecule has 1 aliphatic carbocycles. The van der Waals surface area contributed by atoms with Crippen LogP contribution in [0.2, 0.25) is 5.02 Å². The lowest BCUT2D eigenvalue weighted by molar-refractivity contribution is 0.110. The number of nitrogens with two attached hydrogens (primary N) is 1. The first kappa shape index (κ1) is 11.8. The van der Waals surface area contributed by atoms with Crippen molar-refractivity contribution >= 4 is 17.9 Å². The van der Waals surface area contributed by atoms with E-state index >= 15 is 0 Å². The molecule has 0 radical (unpaired) electrons. The number of benzene rings is 1. The molecular weight excluding hydrogens is 254 g/mol. The highest BCUT2D eigenvalue weighted by molar-refractivity contribution is 6.33. The van der Waals surface area contributed by atoms with Gasteiger partial charge in [0.15, 0.2) is 17.8 Å². The first-order chi connectivity index (χ1) is 8.65. The third kappa shape index (κ3) is 1.60. The third-order valence-corrected chi connectivity index (χ3v) is 4.01. The summed E-state index contributed by atoms with van der Waals surface area (Å²) in [6.45, 7) is 0.890. The molecule has 2 aliphatic rings. The molecule has 18 heavy (non-hydrogen) atoms. The van der Waals surface area contributed by atoms with E-state index in [2.05, 4.69) is 0 Å². The predicted molar refractivity (Wildman–Crippen MR) is 67.5 cm³/mol. The van der Waals surface area contributed by atoms with Gasteiger partial charge in [-0.3, -0.25) is 4.79 Å². The minimum absolute atomic E-state index is 0.345. The Kier molecular flexibility index (Phi) is 2.72. The van der Waals surface area contributed by atoms with Gasteiger partial charge in [-0.2, -0.15) is 0 Å². The maximum absolute atomic E-state index is 11.1. The lowest BCUT2D eigenvalue weighted by Gasteiger charge is -2.40. The molecule has 1 aliphatic heterocycles. The number of fused-ring (bicyclic) bond motifs is 1. The van der Waals surface area contributed by atoms with Gasteiger partial charge in [0.25, 0.3) is 0 Å². The van der Waals surface area contributed by atoms with Crippen LogP contribution in [0.1, 0.15) is 35.2 Å². The van der Waals surface area contributed by atoms with Gasteiger partial charge >= 0.3 is 0 Å². The fourth-order valence-corrected chi connectivity index (χ4v) is 2.74. The van der Waals surface area contributed by atoms with Crippen LogP contribution in [0.4, 0.5) is 0 Å². The fraction of sp³-hybridized carbons (Fsp3) is 0.462. The average molecular weight is 268 g/mol. The highest BCUT2D eigenvalue weighted by Gasteiger charge is 2.39. The van der Waals surface area contributed by atoms with Crippen molar-refractivity contribution in [3.05, 3.63) is 22.2 Å². The maximum atomic E-state index is 11.1. The molecule has 1 saturated carbocycles. The molecule has 0 spiro atoms. The van der Waals surface area contributed by atoms with E-state index < -0.39 is 5.54 Å². The zero-order chi connectivity index (χ0) is 12.8. The van der Waals surface area contributed by atoms with Crippen molar-refractivity contribution in [1.82, 2.24) is 0 Å². The zero-order valence-electron chi connectivity index (χ0n) is 9.87. The summed E-state index contributed by atoms with van der Waals surface area (Å²) >= 11 is 6.13. The van der Waals surface area contributed by atoms with Gasteiger partial charge in [0, 0.05) is 11.1 Å². The number of rotatable bonds is 2. The first-order valence-corrected chi connectivity index (χ1v) is 6.40. The summed E-state index contributed by atoms with van der Waals surface area (Å²) in [5.41, 5.74) is 7.14. The molecule has 0 atom stereocenters. The van der Waals surface area contributed by atoms with E-state index in [0.717, 1.165) is 24.8 Å². The fourth-order valence-electron chi connectivity index (χ4n) is 2.50. The number of carbonyl (C=O) groups excluding carboxylic acids is 1. The van der Waals surface area contributed by atoms with Gasteiger partial charge < -0.3 is 15.2 Å². The summed E-state index contributed by atoms with van der Waals surface area (Å²) in [7, 11) is 0. The van der Waals surface area contributed by atoms with Gasteiger partial charge in [-0.15, -0.1) is 0 Å². The van der Waals surface area contributed by atoms with Crippen LogP contribution in [-0.2, 0) is 5.54 Å². The van der Waals surface area contributed by atoms with E-state index in [1.54, 1.807) is 6.07 Å². The van der Waals surface area contributed by atoms with Gasteiger partial charge in [0.2, 0.25) is 0 Å². The molecule has 0 unspecified atom stereocenters. The summed E-state index contributed by atoms with van der Waals surface area (Å²) in [4.78, 5) is 11.1. The van der Waals surface area contributed by atoms with Crippen LogP contribution in [0.5, 0.6) is 11.5 Å². The molecule has 96 valence electrons. The van der Waals surface area contributed by atoms with Crippen molar-refractivity contribution in [3.8, 4) is 11.5 Å². The summed E-state index contributed by atoms with van der Waals surface area (Å²) in [5.74, 6) is 1.03. The van der Waals surface area contributed by atoms with Crippen molar-refractivity contribution < 1.29 is 14.3 Å². The quantitative estimate of drug-likeness (QED) is 0.835. The smallest absolute Gasteiger partial charge is 0.173 e. The van der Waals surface area contributed by atoms with E-state index in [0.29, 0.717) is 41.6 Å². The van der Waals surface area contributed by atoms with Crippen LogP contribution in [0, 0.1) is 0 Å². The standard InChI is InChI=1S/C13H14ClNO3/c14-10-6-9(13(15)2-1-3-13)12-11(8(10)7-16)17-4-5-18-12/h6-7H,1-5,15H2. The summed E-state index contributed by atoms with van der Waals surface area (Å²) < 4.78 is 11.2. The Morgan fingerprint density at radius 1 is 1.28 bits per heavy atom. The second-order valence-corrected chi connectivity index (χ2v) is 5.21. The Hall–Kier alpha value is -1.26. The van der Waals surface area contributed by atoms with E-state index in [4.69, 9.17) is 26.8 Å². The molecule has 1 aromatic rings. The van der Waals surface area contributed by atoms with Crippen LogP contribution >= 0.6 is 11.6 Å². The second kappa shape index (κ2) is 4.14. The summed E-state index contributed by atoms with van der Waals surface area (Å²) in [6.07, 6.45) is 3.60. The van der Waals surface area contributed by atoms with Crippen LogP contribution in [0.25, 0.3) is 0 Å². The Morgan fingerprint density at radius 3 is 2.50 bits per heavy atom. The Bertz CT molecular complexity index is 511. The maximum Gasteiger partial charge on any atom is 0.173 e. The molecule has 0 bridgehead atoms. The number of aldehydes is 1. The van der Waals surface area contributed by atoms with E-state index in [1.807, 2.05) is 0 Å². The Labute approximate surface area is 110 Å². The molecule has 1 aromatic carbocycles. The van der Waals surface area contributed by atoms with Crippen LogP contribution in [0.15, 0.2) is 6.07 Å². The topological polar surface area (TPSA) is 61.6 Å². The molecule has 0 saturated heterocycles. The molecule has 4 nitrogen and oxygen atoms in total. The highest BCUT2D eigenvalue weighted by atomic mass is 35.5. The van der Waals surface area contributed by atoms with Gasteiger partial charge in [-0.1, -0.05) is 11.6 Å². The lowest BCUT2D eigenvalue weighted by atomic mass is 9.72. The molecule has 5 heteroatoms. The van der Waals surface area contributed by atoms with E-state index in [1.165, 1.54) is 0 Å². The van der Waals surface area contributed by atoms with Crippen molar-refractivity contribution in [1.29, 1.82) is 0 Å². The van der Waals surface area contributed by atoms with E-state index in [-0.39, 0.29) is 0 Å². The molecule has 1 fully saturated rings. The number of hydrogen-bond acceptors (Lipinski definition) is 4. The van der Waals surface area contributed by atoms with Crippen LogP contribution < -0.4 is 15.2 Å². The number of carbonyl (C=O) groups is 1. The molecule has 3 rings (SSSR count). The third-order valence-electron chi connectivity index (χ3n) is 3.70. The monoisotopic (exact) mass is 267 g/mol. The summed E-state index contributed by atoms with van der Waals surface area (Å²) in [6, 6.07) is 1.75. The van der Waals surface area contributed by atoms with Gasteiger partial charge in [0.05, 0.1) is 10.6 Å². The van der Waals surface area contributed by atoms with Crippen molar-refractivity contribution in [3.63, 3.8) is 0 Å². The minimum atomic E-state index is -0.393. The van der Waals surface area contributed by atoms with Crippen LogP contribution in [0.3, 0.4) is 0 Å². The van der Waals surface area contributed by atoms with Crippen LogP contribution in [-0.4, -0.2) is 19.5 Å². The molecule has 0 aromatic heterocycles. The number of hydrogen-bond donors (Lipinski definition) is 1. The van der Waals surface area contributed by atoms with Crippen molar-refractivity contribution in [2.75, 3.05) is 13.2 Å². The predicted octanol–water partition coefficient (Wildman–Crippen LogP) is 2.26. The molecule has 1 heterocycles. The molecular formula is C13H14ClNO3. The molecule has 0 amide bonds.